The number of unbranched alkanes of at least 4 members (excludes halogenated alkanes) is 1. The van der Waals surface area contributed by atoms with Gasteiger partial charge in [-0.2, -0.15) is 0 Å². The Morgan fingerprint density at radius 3 is 2.08 bits per heavy atom. The van der Waals surface area contributed by atoms with E-state index in [4.69, 9.17) is 9.59 Å². The van der Waals surface area contributed by atoms with E-state index >= 15 is 0 Å². The summed E-state index contributed by atoms with van der Waals surface area (Å²) in [4.78, 5) is 32.9. The third-order valence-corrected chi connectivity index (χ3v) is 7.25. The van der Waals surface area contributed by atoms with Crippen molar-refractivity contribution in [2.45, 2.75) is 85.0 Å². The summed E-state index contributed by atoms with van der Waals surface area (Å²) < 4.78 is 0. The molecule has 218 valence electrons. The number of hydrogen-bond donors (Lipinski definition) is 2. The van der Waals surface area contributed by atoms with Gasteiger partial charge in [-0.1, -0.05) is 65.4 Å². The molecule has 0 radical (unpaired) electrons. The van der Waals surface area contributed by atoms with Crippen molar-refractivity contribution in [3.05, 3.63) is 24.3 Å². The average molecular weight is 533 g/mol. The minimum Gasteiger partial charge on any atom is -0.369 e. The van der Waals surface area contributed by atoms with E-state index in [1.807, 2.05) is 46.6 Å². The number of nitrogens with one attached hydrogen (secondary N) is 2. The molecule has 1 amide bonds. The fourth-order valence-corrected chi connectivity index (χ4v) is 4.83. The highest BCUT2D eigenvalue weighted by Gasteiger charge is 2.29. The maximum Gasteiger partial charge on any atom is 0.227 e. The van der Waals surface area contributed by atoms with Gasteiger partial charge in [0, 0.05) is 43.5 Å². The van der Waals surface area contributed by atoms with E-state index in [0.717, 1.165) is 57.2 Å². The van der Waals surface area contributed by atoms with Gasteiger partial charge in [0.25, 0.3) is 0 Å². The monoisotopic (exact) mass is 532 g/mol. The highest BCUT2D eigenvalue weighted by molar-refractivity contribution is 5.94. The van der Waals surface area contributed by atoms with Crippen LogP contribution in [0, 0.1) is 11.8 Å². The molecular formula is C31H56N4O3. The van der Waals surface area contributed by atoms with E-state index in [-0.39, 0.29) is 11.8 Å². The number of benzene rings is 1. The molecule has 1 heterocycles. The standard InChI is InChI=1S/C19H30N4O.C8H16.C2H6.2CH2O/c1-20-9-2-3-10-22-11-13-23(14-12-22)18-6-4-5-17(15-18)21-19(24)16-7-8-16;1-2-8-6-4-3-5-7-8;3*1-2/h4-6,15-16,20H,2-3,7-14H2,1H3,(H,21,24);8H,2-7H2,1H3;1-2H3;2*1H2. The number of anilines is 2. The molecule has 1 aromatic rings. The Kier molecular flexibility index (Phi) is 22.4. The van der Waals surface area contributed by atoms with Crippen LogP contribution in [-0.2, 0) is 14.4 Å². The highest BCUT2D eigenvalue weighted by atomic mass is 16.2. The van der Waals surface area contributed by atoms with Gasteiger partial charge in [0.05, 0.1) is 0 Å². The topological polar surface area (TPSA) is 81.8 Å². The predicted molar refractivity (Wildman–Crippen MR) is 162 cm³/mol. The van der Waals surface area contributed by atoms with E-state index in [9.17, 15) is 4.79 Å². The van der Waals surface area contributed by atoms with Crippen LogP contribution in [0.2, 0.25) is 0 Å². The fourth-order valence-electron chi connectivity index (χ4n) is 4.83. The minimum atomic E-state index is 0.179. The van der Waals surface area contributed by atoms with Crippen LogP contribution < -0.4 is 15.5 Å². The Morgan fingerprint density at radius 1 is 0.921 bits per heavy atom. The van der Waals surface area contributed by atoms with Crippen molar-refractivity contribution >= 4 is 30.9 Å². The van der Waals surface area contributed by atoms with Crippen LogP contribution in [0.3, 0.4) is 0 Å². The van der Waals surface area contributed by atoms with Crippen molar-refractivity contribution in [1.29, 1.82) is 0 Å². The smallest absolute Gasteiger partial charge is 0.227 e. The number of piperazine rings is 1. The van der Waals surface area contributed by atoms with Crippen LogP contribution in [0.15, 0.2) is 24.3 Å². The lowest BCUT2D eigenvalue weighted by Gasteiger charge is -2.36. The van der Waals surface area contributed by atoms with Crippen LogP contribution in [0.25, 0.3) is 0 Å². The Bertz CT molecular complexity index is 698. The highest BCUT2D eigenvalue weighted by Crippen LogP contribution is 2.31. The average Bonchev–Trinajstić information content (AvgIpc) is 3.86. The SMILES string of the molecule is C=O.C=O.CC.CCC1CCCCC1.CNCCCCN1CCN(c2cccc(NC(=O)C3CC3)c2)CC1. The molecule has 4 rings (SSSR count). The number of hydrogen-bond acceptors (Lipinski definition) is 6. The minimum absolute atomic E-state index is 0.179. The second kappa shape index (κ2) is 23.8. The first kappa shape index (κ1) is 35.8. The van der Waals surface area contributed by atoms with Crippen LogP contribution in [0.4, 0.5) is 11.4 Å². The van der Waals surface area contributed by atoms with Gasteiger partial charge in [-0.15, -0.1) is 0 Å². The van der Waals surface area contributed by atoms with Gasteiger partial charge in [0.1, 0.15) is 13.6 Å². The van der Waals surface area contributed by atoms with Crippen molar-refractivity contribution in [2.24, 2.45) is 11.8 Å². The summed E-state index contributed by atoms with van der Waals surface area (Å²) in [6.07, 6.45) is 13.5. The fraction of sp³-hybridized carbons (Fsp3) is 0.710. The molecule has 2 N–H and O–H groups in total. The van der Waals surface area contributed by atoms with Crippen molar-refractivity contribution in [3.8, 4) is 0 Å². The van der Waals surface area contributed by atoms with Crippen LogP contribution in [0.5, 0.6) is 0 Å². The predicted octanol–water partition coefficient (Wildman–Crippen LogP) is 5.79. The molecule has 1 aliphatic heterocycles. The van der Waals surface area contributed by atoms with E-state index in [0.29, 0.717) is 0 Å². The Balaban J connectivity index is 0.000000817. The summed E-state index contributed by atoms with van der Waals surface area (Å²) in [7, 11) is 2.01. The molecule has 38 heavy (non-hydrogen) atoms. The van der Waals surface area contributed by atoms with E-state index < -0.39 is 0 Å². The van der Waals surface area contributed by atoms with Crippen LogP contribution >= 0.6 is 0 Å². The van der Waals surface area contributed by atoms with Crippen molar-refractivity contribution in [1.82, 2.24) is 10.2 Å². The Morgan fingerprint density at radius 2 is 1.55 bits per heavy atom. The van der Waals surface area contributed by atoms with Crippen LogP contribution in [0.1, 0.15) is 85.0 Å². The van der Waals surface area contributed by atoms with Gasteiger partial charge in [0.2, 0.25) is 5.91 Å². The van der Waals surface area contributed by atoms with Gasteiger partial charge in [-0.05, 0) is 69.9 Å². The first-order valence-electron chi connectivity index (χ1n) is 14.8. The maximum absolute atomic E-state index is 11.9. The molecule has 1 aromatic carbocycles. The third-order valence-electron chi connectivity index (χ3n) is 7.25. The molecule has 2 saturated carbocycles. The Hall–Kier alpha value is -2.25. The summed E-state index contributed by atoms with van der Waals surface area (Å²) in [5.41, 5.74) is 2.15. The number of rotatable bonds is 9. The number of carbonyl (C=O) groups excluding carboxylic acids is 3. The summed E-state index contributed by atoms with van der Waals surface area (Å²) in [6, 6.07) is 8.29. The molecule has 7 nitrogen and oxygen atoms in total. The van der Waals surface area contributed by atoms with Gasteiger partial charge in [0.15, 0.2) is 0 Å². The quantitative estimate of drug-likeness (QED) is 0.392. The molecule has 3 aliphatic rings. The zero-order valence-electron chi connectivity index (χ0n) is 24.8. The number of amides is 1. The first-order chi connectivity index (χ1) is 18.7. The summed E-state index contributed by atoms with van der Waals surface area (Å²) in [5, 5.41) is 6.26. The lowest BCUT2D eigenvalue weighted by molar-refractivity contribution is -0.117. The van der Waals surface area contributed by atoms with Crippen LogP contribution in [-0.4, -0.2) is 70.7 Å². The maximum atomic E-state index is 11.9. The zero-order valence-corrected chi connectivity index (χ0v) is 24.8. The lowest BCUT2D eigenvalue weighted by atomic mass is 9.88. The number of carbonyl (C=O) groups is 3. The second-order valence-corrected chi connectivity index (χ2v) is 9.87. The largest absolute Gasteiger partial charge is 0.369 e. The Labute approximate surface area is 233 Å². The summed E-state index contributed by atoms with van der Waals surface area (Å²) in [5.74, 6) is 1.52. The van der Waals surface area contributed by atoms with Gasteiger partial charge in [-0.25, -0.2) is 0 Å². The summed E-state index contributed by atoms with van der Waals surface area (Å²) >= 11 is 0. The van der Waals surface area contributed by atoms with E-state index in [1.165, 1.54) is 63.6 Å². The molecule has 0 unspecified atom stereocenters. The van der Waals surface area contributed by atoms with Gasteiger partial charge < -0.3 is 25.1 Å². The molecule has 7 heteroatoms. The molecule has 3 fully saturated rings. The molecule has 2 aliphatic carbocycles. The van der Waals surface area contributed by atoms with Crippen molar-refractivity contribution in [3.63, 3.8) is 0 Å². The molecule has 0 aromatic heterocycles. The molecule has 0 spiro atoms. The molecule has 0 bridgehead atoms. The molecule has 1 saturated heterocycles. The van der Waals surface area contributed by atoms with Gasteiger partial charge in [-0.3, -0.25) is 9.69 Å². The first-order valence-corrected chi connectivity index (χ1v) is 14.8. The number of nitrogens with zero attached hydrogens (tertiary/aromatic N) is 2. The van der Waals surface area contributed by atoms with Crippen molar-refractivity contribution in [2.75, 3.05) is 56.5 Å². The molecular weight excluding hydrogens is 476 g/mol. The lowest BCUT2D eigenvalue weighted by Crippen LogP contribution is -2.46. The molecule has 0 atom stereocenters. The second-order valence-electron chi connectivity index (χ2n) is 9.87. The van der Waals surface area contributed by atoms with E-state index in [1.54, 1.807) is 0 Å². The van der Waals surface area contributed by atoms with E-state index in [2.05, 4.69) is 39.5 Å². The third kappa shape index (κ3) is 15.2. The van der Waals surface area contributed by atoms with Crippen molar-refractivity contribution < 1.29 is 14.4 Å². The summed E-state index contributed by atoms with van der Waals surface area (Å²) in [6.45, 7) is 17.0. The normalized spacial score (nSPS) is 17.1. The van der Waals surface area contributed by atoms with Gasteiger partial charge >= 0.3 is 0 Å². The zero-order chi connectivity index (χ0) is 28.6.